The molecule has 8 atom stereocenters. The van der Waals surface area contributed by atoms with Gasteiger partial charge in [0.15, 0.2) is 24.0 Å². The Bertz CT molecular complexity index is 4320. The van der Waals surface area contributed by atoms with Gasteiger partial charge < -0.3 is 29.5 Å². The highest BCUT2D eigenvalue weighted by atomic mass is 19.2. The summed E-state index contributed by atoms with van der Waals surface area (Å²) in [5, 5.41) is 33.3. The van der Waals surface area contributed by atoms with Crippen molar-refractivity contribution in [2.24, 2.45) is 5.92 Å². The van der Waals surface area contributed by atoms with Gasteiger partial charge in [-0.3, -0.25) is 9.80 Å². The lowest BCUT2D eigenvalue weighted by atomic mass is 9.87. The molecular formula is C66H55F8N9O4. The predicted octanol–water partition coefficient (Wildman–Crippen LogP) is 12.0. The highest BCUT2D eigenvalue weighted by Crippen LogP contribution is 2.54. The van der Waals surface area contributed by atoms with Gasteiger partial charge in [0.1, 0.15) is 71.4 Å². The lowest BCUT2D eigenvalue weighted by Crippen LogP contribution is -2.44. The summed E-state index contributed by atoms with van der Waals surface area (Å²) >= 11 is 0. The van der Waals surface area contributed by atoms with Crippen LogP contribution in [0.3, 0.4) is 0 Å². The normalized spacial score (nSPS) is 25.6. The smallest absolute Gasteiger partial charge is 0.319 e. The van der Waals surface area contributed by atoms with Crippen LogP contribution in [0.2, 0.25) is 0 Å². The largest absolute Gasteiger partial charge is 0.508 e. The van der Waals surface area contributed by atoms with E-state index in [-0.39, 0.29) is 145 Å². The zero-order valence-corrected chi connectivity index (χ0v) is 46.8. The number of piperidine rings is 1. The van der Waals surface area contributed by atoms with Crippen molar-refractivity contribution in [2.45, 2.75) is 93.2 Å². The van der Waals surface area contributed by atoms with E-state index in [1.807, 2.05) is 9.80 Å². The van der Waals surface area contributed by atoms with E-state index in [0.29, 0.717) is 62.9 Å². The quantitative estimate of drug-likeness (QED) is 0.0936. The van der Waals surface area contributed by atoms with Crippen LogP contribution in [0.5, 0.6) is 23.5 Å². The molecule has 8 unspecified atom stereocenters. The molecule has 0 saturated carbocycles. The molecule has 87 heavy (non-hydrogen) atoms. The Morgan fingerprint density at radius 2 is 1.21 bits per heavy atom. The van der Waals surface area contributed by atoms with Gasteiger partial charge in [0.05, 0.1) is 53.3 Å². The van der Waals surface area contributed by atoms with Crippen molar-refractivity contribution in [1.82, 2.24) is 29.7 Å². The molecule has 444 valence electrons. The van der Waals surface area contributed by atoms with E-state index in [0.717, 1.165) is 18.6 Å². The number of hydrogen-bond donors (Lipinski definition) is 2. The minimum absolute atomic E-state index is 0.00979. The number of aromatic nitrogens is 4. The molecule has 0 radical (unpaired) electrons. The average molecular weight is 1190 g/mol. The molecule has 21 heteroatoms. The summed E-state index contributed by atoms with van der Waals surface area (Å²) in [7, 11) is 0. The number of benzene rings is 6. The maximum absolute atomic E-state index is 17.9. The molecule has 6 aromatic carbocycles. The number of hydrogen-bond acceptors (Lipinski definition) is 13. The topological polar surface area (TPSA) is 147 Å². The molecule has 0 bridgehead atoms. The van der Waals surface area contributed by atoms with Crippen LogP contribution in [-0.2, 0) is 0 Å². The SMILES string of the molecule is C#Cc1c(F)ccc2cc(O)cc(-c3ccc4c(N5CC(F)C(F)C5)nc(OCC56CCCN5C(c5cc(F)c(C#C)c7c(-c8ccc9c(N%10CCCC(C#N)C%10)nc(OCC%10%11CCCN%10CC(F)C%11)nc9c8F)cc(O)cc57)C(F)C6)nc4c3F)c12. The van der Waals surface area contributed by atoms with Gasteiger partial charge in [-0.2, -0.15) is 25.2 Å². The molecule has 2 N–H and O–H groups in total. The van der Waals surface area contributed by atoms with Crippen molar-refractivity contribution in [3.63, 3.8) is 0 Å². The number of aromatic hydroxyl groups is 2. The number of alkyl halides is 4. The first-order valence-corrected chi connectivity index (χ1v) is 29.1. The van der Waals surface area contributed by atoms with Gasteiger partial charge in [-0.1, -0.05) is 30.0 Å². The first-order chi connectivity index (χ1) is 42.0. The second-order valence-electron chi connectivity index (χ2n) is 24.0. The zero-order chi connectivity index (χ0) is 60.4. The zero-order valence-electron chi connectivity index (χ0n) is 46.8. The second-order valence-corrected chi connectivity index (χ2v) is 24.0. The number of rotatable bonds is 11. The van der Waals surface area contributed by atoms with Crippen LogP contribution < -0.4 is 19.3 Å². The Morgan fingerprint density at radius 3 is 1.87 bits per heavy atom. The van der Waals surface area contributed by atoms with E-state index in [1.54, 1.807) is 6.07 Å². The van der Waals surface area contributed by atoms with Crippen molar-refractivity contribution in [2.75, 3.05) is 68.8 Å². The van der Waals surface area contributed by atoms with Crippen molar-refractivity contribution in [3.8, 4) is 76.5 Å². The second kappa shape index (κ2) is 21.3. The van der Waals surface area contributed by atoms with E-state index >= 15 is 22.0 Å². The maximum atomic E-state index is 17.9. The number of nitrogens with zero attached hydrogens (tertiary/aromatic N) is 9. The molecular weight excluding hydrogens is 1130 g/mol. The lowest BCUT2D eigenvalue weighted by molar-refractivity contribution is 0.0831. The minimum Gasteiger partial charge on any atom is -0.508 e. The number of phenols is 2. The molecule has 8 heterocycles. The number of terminal acetylenes is 2. The average Bonchev–Trinajstić information content (AvgIpc) is 1.81. The summed E-state index contributed by atoms with van der Waals surface area (Å²) in [5.74, 6) is 0.483. The van der Waals surface area contributed by atoms with Crippen molar-refractivity contribution in [1.29, 1.82) is 5.26 Å². The van der Waals surface area contributed by atoms with Crippen LogP contribution in [0, 0.1) is 65.2 Å². The van der Waals surface area contributed by atoms with Gasteiger partial charge in [-0.15, -0.1) is 12.8 Å². The molecule has 2 aromatic heterocycles. The van der Waals surface area contributed by atoms with Crippen LogP contribution in [0.1, 0.15) is 74.1 Å². The number of phenolic OH excluding ortho intramolecular Hbond substituents is 2. The number of halogens is 8. The molecule has 0 amide bonds. The Labute approximate surface area is 494 Å². The first kappa shape index (κ1) is 56.1. The van der Waals surface area contributed by atoms with Crippen molar-refractivity contribution < 1.29 is 54.8 Å². The number of nitriles is 1. The fraction of sp³-hybridized carbons (Fsp3) is 0.379. The molecule has 0 spiro atoms. The molecule has 6 fully saturated rings. The fourth-order valence-corrected chi connectivity index (χ4v) is 15.1. The number of ether oxygens (including phenoxy) is 2. The monoisotopic (exact) mass is 1190 g/mol. The molecule has 13 nitrogen and oxygen atoms in total. The Balaban J connectivity index is 0.839. The Kier molecular flexibility index (Phi) is 13.7. The van der Waals surface area contributed by atoms with E-state index in [9.17, 15) is 28.6 Å². The highest BCUT2D eigenvalue weighted by Gasteiger charge is 2.56. The van der Waals surface area contributed by atoms with Crippen LogP contribution in [-0.4, -0.2) is 135 Å². The third-order valence-electron chi connectivity index (χ3n) is 19.0. The summed E-state index contributed by atoms with van der Waals surface area (Å²) < 4.78 is 142. The highest BCUT2D eigenvalue weighted by molar-refractivity contribution is 6.06. The van der Waals surface area contributed by atoms with Crippen LogP contribution >= 0.6 is 0 Å². The van der Waals surface area contributed by atoms with Gasteiger partial charge in [0.2, 0.25) is 0 Å². The molecule has 0 aliphatic carbocycles. The summed E-state index contributed by atoms with van der Waals surface area (Å²) in [6, 6.07) is 15.2. The van der Waals surface area contributed by atoms with Crippen LogP contribution in [0.4, 0.5) is 46.8 Å². The standard InChI is InChI=1S/C66H55F8N9O4/c1-3-39-49(68)14-9-35-20-37(84)21-45(54(35)39)41-10-13-44-59(56(41)73)77-64(79-62(44)81-30-52(71)53(72)31-81)87-33-66-16-7-19-83(66)60(51(70)26-66)48-24-50(69)40(4-2)55-46(22-38(85)23-47(48)55)42-11-12-43-58(57(42)74)76-63(78-61(43)80-17-5-8-34(27-75)28-80)86-32-65-15-6-18-82(65)29-36(67)25-65/h1-2,9-14,20-24,34,36,51-53,60,84-85H,5-8,15-19,25-26,28-33H2. The predicted molar refractivity (Wildman–Crippen MR) is 312 cm³/mol. The number of anilines is 2. The minimum atomic E-state index is -1.90. The Morgan fingerprint density at radius 1 is 0.598 bits per heavy atom. The third kappa shape index (κ3) is 9.19. The van der Waals surface area contributed by atoms with Gasteiger partial charge in [-0.05, 0) is 128 Å². The van der Waals surface area contributed by atoms with Crippen LogP contribution in [0.25, 0.3) is 65.6 Å². The molecule has 8 aromatic rings. The van der Waals surface area contributed by atoms with Crippen LogP contribution in [0.15, 0.2) is 66.7 Å². The molecule has 14 rings (SSSR count). The molecule has 6 saturated heterocycles. The van der Waals surface area contributed by atoms with Crippen molar-refractivity contribution in [3.05, 3.63) is 107 Å². The van der Waals surface area contributed by atoms with Gasteiger partial charge in [0, 0.05) is 65.1 Å². The molecule has 6 aliphatic rings. The summed E-state index contributed by atoms with van der Waals surface area (Å²) in [4.78, 5) is 25.6. The van der Waals surface area contributed by atoms with Crippen molar-refractivity contribution >= 4 is 55.0 Å². The lowest BCUT2D eigenvalue weighted by Gasteiger charge is -2.35. The first-order valence-electron chi connectivity index (χ1n) is 29.1. The van der Waals surface area contributed by atoms with E-state index in [2.05, 4.69) is 37.8 Å². The van der Waals surface area contributed by atoms with Gasteiger partial charge in [-0.25, -0.2) is 35.1 Å². The van der Waals surface area contributed by atoms with Gasteiger partial charge in [0.25, 0.3) is 0 Å². The maximum Gasteiger partial charge on any atom is 0.319 e. The third-order valence-corrected chi connectivity index (χ3v) is 19.0. The summed E-state index contributed by atoms with van der Waals surface area (Å²) in [6.45, 7) is 0.935. The number of fused-ring (bicyclic) bond motifs is 6. The van der Waals surface area contributed by atoms with E-state index < -0.39 is 84.2 Å². The fourth-order valence-electron chi connectivity index (χ4n) is 15.1. The summed E-state index contributed by atoms with van der Waals surface area (Å²) in [6.07, 6.45) is 9.10. The van der Waals surface area contributed by atoms with Gasteiger partial charge >= 0.3 is 12.0 Å². The Hall–Kier alpha value is -8.71. The van der Waals surface area contributed by atoms with E-state index in [4.69, 9.17) is 27.3 Å². The summed E-state index contributed by atoms with van der Waals surface area (Å²) in [5.41, 5.74) is -2.90. The molecule has 6 aliphatic heterocycles. The van der Waals surface area contributed by atoms with E-state index in [1.165, 1.54) is 53.4 Å².